The Labute approximate surface area is 157 Å². The van der Waals surface area contributed by atoms with Crippen LogP contribution in [-0.2, 0) is 22.7 Å². The van der Waals surface area contributed by atoms with E-state index >= 15 is 0 Å². The molecule has 2 N–H and O–H groups in total. The average Bonchev–Trinajstić information content (AvgIpc) is 2.88. The number of thioether (sulfide) groups is 1. The molecule has 0 spiro atoms. The molecule has 0 radical (unpaired) electrons. The zero-order valence-electron chi connectivity index (χ0n) is 15.4. The van der Waals surface area contributed by atoms with Crippen molar-refractivity contribution in [3.63, 3.8) is 0 Å². The van der Waals surface area contributed by atoms with Crippen molar-refractivity contribution in [2.75, 3.05) is 13.6 Å². The van der Waals surface area contributed by atoms with Gasteiger partial charge in [-0.05, 0) is 26.7 Å². The van der Waals surface area contributed by atoms with Crippen molar-refractivity contribution in [3.8, 4) is 0 Å². The molecule has 1 saturated heterocycles. The van der Waals surface area contributed by atoms with Crippen molar-refractivity contribution >= 4 is 29.6 Å². The number of aromatic nitrogens is 3. The number of amides is 4. The number of rotatable bonds is 6. The van der Waals surface area contributed by atoms with Gasteiger partial charge in [0.15, 0.2) is 11.0 Å². The van der Waals surface area contributed by atoms with Crippen LogP contribution in [-0.4, -0.2) is 56.4 Å². The molecule has 2 heterocycles. The van der Waals surface area contributed by atoms with E-state index < -0.39 is 17.2 Å². The number of carbonyl (C=O) groups excluding carboxylic acids is 3. The number of imide groups is 1. The molecule has 1 fully saturated rings. The second-order valence-electron chi connectivity index (χ2n) is 6.10. The average molecular weight is 382 g/mol. The lowest BCUT2D eigenvalue weighted by atomic mass is 10.2. The van der Waals surface area contributed by atoms with E-state index in [9.17, 15) is 14.4 Å². The Kier molecular flexibility index (Phi) is 7.43. The molecule has 0 aliphatic carbocycles. The SMILES string of the molecule is CCn1c(CN2CCCCCC2=O)nnc1S[C@H](C)C(=O)NC(=O)NC. The molecule has 4 amide bonds. The summed E-state index contributed by atoms with van der Waals surface area (Å²) in [5.41, 5.74) is 0. The number of nitrogens with one attached hydrogen (secondary N) is 2. The Morgan fingerprint density at radius 3 is 2.73 bits per heavy atom. The topological polar surface area (TPSA) is 109 Å². The van der Waals surface area contributed by atoms with Gasteiger partial charge in [-0.3, -0.25) is 14.9 Å². The highest BCUT2D eigenvalue weighted by atomic mass is 32.2. The van der Waals surface area contributed by atoms with Crippen molar-refractivity contribution < 1.29 is 14.4 Å². The third kappa shape index (κ3) is 5.20. The lowest BCUT2D eigenvalue weighted by Crippen LogP contribution is -2.41. The van der Waals surface area contributed by atoms with Crippen molar-refractivity contribution in [3.05, 3.63) is 5.82 Å². The van der Waals surface area contributed by atoms with Crippen molar-refractivity contribution in [1.82, 2.24) is 30.3 Å². The van der Waals surface area contributed by atoms with Crippen LogP contribution in [0.1, 0.15) is 45.4 Å². The van der Waals surface area contributed by atoms with Crippen LogP contribution in [0.3, 0.4) is 0 Å². The minimum Gasteiger partial charge on any atom is -0.341 e. The quantitative estimate of drug-likeness (QED) is 0.714. The highest BCUT2D eigenvalue weighted by Gasteiger charge is 2.23. The fourth-order valence-corrected chi connectivity index (χ4v) is 3.64. The van der Waals surface area contributed by atoms with Gasteiger partial charge in [-0.1, -0.05) is 18.2 Å². The smallest absolute Gasteiger partial charge is 0.321 e. The number of nitrogens with zero attached hydrogens (tertiary/aromatic N) is 4. The molecular formula is C16H26N6O3S. The summed E-state index contributed by atoms with van der Waals surface area (Å²) in [5, 5.41) is 13.1. The Hall–Kier alpha value is -2.10. The standard InChI is InChI=1S/C16H26N6O3S/c1-4-22-12(10-21-9-7-5-6-8-13(21)23)19-20-16(22)26-11(2)14(24)18-15(25)17-3/h11H,4-10H2,1-3H3,(H2,17,18,24,25)/t11-/m1/s1. The number of likely N-dealkylation sites (tertiary alicyclic amines) is 1. The molecule has 0 unspecified atom stereocenters. The summed E-state index contributed by atoms with van der Waals surface area (Å²) < 4.78 is 1.91. The van der Waals surface area contributed by atoms with Crippen LogP contribution < -0.4 is 10.6 Å². The first kappa shape index (κ1) is 20.2. The molecular weight excluding hydrogens is 356 g/mol. The van der Waals surface area contributed by atoms with Crippen molar-refractivity contribution in [1.29, 1.82) is 0 Å². The first-order valence-electron chi connectivity index (χ1n) is 8.85. The van der Waals surface area contributed by atoms with E-state index in [4.69, 9.17) is 0 Å². The predicted molar refractivity (Wildman–Crippen MR) is 97.5 cm³/mol. The number of hydrogen-bond acceptors (Lipinski definition) is 6. The van der Waals surface area contributed by atoms with Gasteiger partial charge in [0.05, 0.1) is 11.8 Å². The minimum absolute atomic E-state index is 0.153. The summed E-state index contributed by atoms with van der Waals surface area (Å²) in [6.45, 7) is 5.48. The second-order valence-corrected chi connectivity index (χ2v) is 7.41. The van der Waals surface area contributed by atoms with Gasteiger partial charge in [0.2, 0.25) is 11.8 Å². The highest BCUT2D eigenvalue weighted by Crippen LogP contribution is 2.23. The minimum atomic E-state index is -0.542. The van der Waals surface area contributed by atoms with Crippen LogP contribution in [0.25, 0.3) is 0 Å². The zero-order valence-corrected chi connectivity index (χ0v) is 16.3. The monoisotopic (exact) mass is 382 g/mol. The van der Waals surface area contributed by atoms with Crippen molar-refractivity contribution in [2.24, 2.45) is 0 Å². The van der Waals surface area contributed by atoms with Gasteiger partial charge in [-0.25, -0.2) is 4.79 Å². The van der Waals surface area contributed by atoms with Gasteiger partial charge in [0.25, 0.3) is 0 Å². The van der Waals surface area contributed by atoms with Crippen molar-refractivity contribution in [2.45, 2.75) is 63.0 Å². The molecule has 26 heavy (non-hydrogen) atoms. The van der Waals surface area contributed by atoms with E-state index in [1.165, 1.54) is 18.8 Å². The molecule has 0 bridgehead atoms. The molecule has 1 aliphatic rings. The summed E-state index contributed by atoms with van der Waals surface area (Å²) in [4.78, 5) is 37.3. The van der Waals surface area contributed by atoms with E-state index in [0.717, 1.165) is 25.8 Å². The second kappa shape index (κ2) is 9.56. The molecule has 2 rings (SSSR count). The first-order valence-corrected chi connectivity index (χ1v) is 9.73. The Morgan fingerprint density at radius 2 is 2.04 bits per heavy atom. The summed E-state index contributed by atoms with van der Waals surface area (Å²) in [6, 6.07) is -0.542. The lowest BCUT2D eigenvalue weighted by Gasteiger charge is -2.20. The zero-order chi connectivity index (χ0) is 19.1. The molecule has 1 aromatic rings. The molecule has 9 nitrogen and oxygen atoms in total. The molecule has 144 valence electrons. The van der Waals surface area contributed by atoms with E-state index in [0.29, 0.717) is 30.5 Å². The Balaban J connectivity index is 2.05. The van der Waals surface area contributed by atoms with Gasteiger partial charge in [-0.2, -0.15) is 0 Å². The number of hydrogen-bond donors (Lipinski definition) is 2. The van der Waals surface area contributed by atoms with Crippen LogP contribution in [0, 0.1) is 0 Å². The summed E-state index contributed by atoms with van der Waals surface area (Å²) in [6.07, 6.45) is 3.60. The molecule has 1 atom stereocenters. The summed E-state index contributed by atoms with van der Waals surface area (Å²) >= 11 is 1.24. The molecule has 10 heteroatoms. The fourth-order valence-electron chi connectivity index (χ4n) is 2.70. The molecule has 1 aromatic heterocycles. The lowest BCUT2D eigenvalue weighted by molar-refractivity contribution is -0.131. The first-order chi connectivity index (χ1) is 12.5. The van der Waals surface area contributed by atoms with Gasteiger partial charge in [0.1, 0.15) is 0 Å². The van der Waals surface area contributed by atoms with Crippen LogP contribution in [0.2, 0.25) is 0 Å². The van der Waals surface area contributed by atoms with Crippen LogP contribution in [0.5, 0.6) is 0 Å². The maximum Gasteiger partial charge on any atom is 0.321 e. The van der Waals surface area contributed by atoms with Crippen LogP contribution in [0.15, 0.2) is 5.16 Å². The van der Waals surface area contributed by atoms with E-state index in [1.54, 1.807) is 6.92 Å². The normalized spacial score (nSPS) is 16.1. The third-order valence-electron chi connectivity index (χ3n) is 4.23. The predicted octanol–water partition coefficient (Wildman–Crippen LogP) is 1.14. The van der Waals surface area contributed by atoms with Gasteiger partial charge in [-0.15, -0.1) is 10.2 Å². The molecule has 0 aromatic carbocycles. The van der Waals surface area contributed by atoms with Gasteiger partial charge in [0, 0.05) is 26.6 Å². The van der Waals surface area contributed by atoms with Gasteiger partial charge >= 0.3 is 6.03 Å². The van der Waals surface area contributed by atoms with E-state index in [1.807, 2.05) is 16.4 Å². The third-order valence-corrected chi connectivity index (χ3v) is 5.31. The molecule has 1 aliphatic heterocycles. The number of carbonyl (C=O) groups is 3. The van der Waals surface area contributed by atoms with Crippen LogP contribution in [0.4, 0.5) is 4.79 Å². The summed E-state index contributed by atoms with van der Waals surface area (Å²) in [5.74, 6) is 0.467. The molecule has 0 saturated carbocycles. The summed E-state index contributed by atoms with van der Waals surface area (Å²) in [7, 11) is 1.45. The Morgan fingerprint density at radius 1 is 1.27 bits per heavy atom. The van der Waals surface area contributed by atoms with E-state index in [2.05, 4.69) is 20.8 Å². The van der Waals surface area contributed by atoms with E-state index in [-0.39, 0.29) is 5.91 Å². The maximum atomic E-state index is 12.2. The fraction of sp³-hybridized carbons (Fsp3) is 0.688. The maximum absolute atomic E-state index is 12.2. The highest BCUT2D eigenvalue weighted by molar-refractivity contribution is 8.00. The Bertz CT molecular complexity index is 662. The largest absolute Gasteiger partial charge is 0.341 e. The van der Waals surface area contributed by atoms with Gasteiger partial charge < -0.3 is 14.8 Å². The number of urea groups is 1. The van der Waals surface area contributed by atoms with Crippen LogP contribution >= 0.6 is 11.8 Å².